The number of pyridine rings is 1. The summed E-state index contributed by atoms with van der Waals surface area (Å²) >= 11 is 0. The van der Waals surface area contributed by atoms with Crippen LogP contribution in [0.25, 0.3) is 28.3 Å². The average Bonchev–Trinajstić information content (AvgIpc) is 3.58. The second-order valence-corrected chi connectivity index (χ2v) is 8.45. The van der Waals surface area contributed by atoms with Gasteiger partial charge < -0.3 is 9.47 Å². The largest absolute Gasteiger partial charge is 0.494 e. The molecular weight excluding hydrogens is 470 g/mol. The zero-order valence-electron chi connectivity index (χ0n) is 20.9. The molecule has 5 rings (SSSR count). The number of hydrogen-bond acceptors (Lipinski definition) is 7. The van der Waals surface area contributed by atoms with Gasteiger partial charge in [-0.1, -0.05) is 49.7 Å². The van der Waals surface area contributed by atoms with Gasteiger partial charge in [0.25, 0.3) is 0 Å². The van der Waals surface area contributed by atoms with Crippen LogP contribution in [-0.4, -0.2) is 49.0 Å². The standard InChI is InChI=1S/C27H27N7O3/c1-4-8-19-17-34(25-23(36-2)11-7-12-24(25)37-3)27(35)33(19)16-18-13-14-22(28-15-18)20-9-5-6-10-21(20)26-29-31-32-30-26/h5-7,9-15,17H,4,8,16H2,1-3H3,(H,29,30,31,32). The number of nitrogens with zero attached hydrogens (tertiary/aromatic N) is 6. The highest BCUT2D eigenvalue weighted by atomic mass is 16.5. The van der Waals surface area contributed by atoms with Gasteiger partial charge in [0.2, 0.25) is 5.82 Å². The van der Waals surface area contributed by atoms with E-state index in [1.54, 1.807) is 29.6 Å². The maximum absolute atomic E-state index is 13.6. The van der Waals surface area contributed by atoms with Gasteiger partial charge in [0.15, 0.2) is 0 Å². The van der Waals surface area contributed by atoms with Gasteiger partial charge in [-0.15, -0.1) is 10.2 Å². The third-order valence-electron chi connectivity index (χ3n) is 6.17. The number of aromatic amines is 1. The van der Waals surface area contributed by atoms with E-state index in [4.69, 9.17) is 14.5 Å². The molecule has 10 nitrogen and oxygen atoms in total. The topological polar surface area (TPSA) is 113 Å². The second-order valence-electron chi connectivity index (χ2n) is 8.45. The molecule has 0 spiro atoms. The first-order valence-corrected chi connectivity index (χ1v) is 11.9. The Bertz CT molecular complexity index is 1530. The smallest absolute Gasteiger partial charge is 0.333 e. The van der Waals surface area contributed by atoms with E-state index in [0.717, 1.165) is 40.9 Å². The molecule has 2 aromatic carbocycles. The summed E-state index contributed by atoms with van der Waals surface area (Å²) in [6.45, 7) is 2.48. The zero-order valence-corrected chi connectivity index (χ0v) is 20.9. The summed E-state index contributed by atoms with van der Waals surface area (Å²) in [6, 6.07) is 17.2. The number of aryl methyl sites for hydroxylation is 1. The third-order valence-corrected chi connectivity index (χ3v) is 6.17. The van der Waals surface area contributed by atoms with Crippen LogP contribution in [0.5, 0.6) is 11.5 Å². The van der Waals surface area contributed by atoms with Crippen molar-refractivity contribution in [2.45, 2.75) is 26.3 Å². The molecule has 10 heteroatoms. The molecular formula is C27H27N7O3. The Labute approximate surface area is 213 Å². The maximum atomic E-state index is 13.6. The SMILES string of the molecule is CCCc1cn(-c2c(OC)cccc2OC)c(=O)n1Cc1ccc(-c2ccccc2-c2nn[nH]n2)nc1. The lowest BCUT2D eigenvalue weighted by atomic mass is 10.0. The number of tetrazole rings is 1. The molecule has 37 heavy (non-hydrogen) atoms. The van der Waals surface area contributed by atoms with Gasteiger partial charge in [0.05, 0.1) is 26.5 Å². The Hall–Kier alpha value is -4.73. The molecule has 0 atom stereocenters. The number of imidazole rings is 1. The van der Waals surface area contributed by atoms with Crippen molar-refractivity contribution in [2.75, 3.05) is 14.2 Å². The van der Waals surface area contributed by atoms with Gasteiger partial charge in [0, 0.05) is 29.2 Å². The highest BCUT2D eigenvalue weighted by molar-refractivity contribution is 5.78. The zero-order chi connectivity index (χ0) is 25.8. The molecule has 0 radical (unpaired) electrons. The molecule has 5 aromatic rings. The number of benzene rings is 2. The highest BCUT2D eigenvalue weighted by Crippen LogP contribution is 2.32. The Morgan fingerprint density at radius 2 is 1.70 bits per heavy atom. The van der Waals surface area contributed by atoms with E-state index in [9.17, 15) is 4.79 Å². The molecule has 0 fully saturated rings. The fourth-order valence-corrected chi connectivity index (χ4v) is 4.42. The minimum atomic E-state index is -0.169. The first kappa shape index (κ1) is 24.0. The number of methoxy groups -OCH3 is 2. The van der Waals surface area contributed by atoms with E-state index in [-0.39, 0.29) is 5.69 Å². The summed E-state index contributed by atoms with van der Waals surface area (Å²) < 4.78 is 14.5. The van der Waals surface area contributed by atoms with Crippen molar-refractivity contribution in [3.8, 4) is 39.8 Å². The van der Waals surface area contributed by atoms with Crippen molar-refractivity contribution in [1.82, 2.24) is 34.7 Å². The Morgan fingerprint density at radius 1 is 0.946 bits per heavy atom. The van der Waals surface area contributed by atoms with Gasteiger partial charge in [-0.3, -0.25) is 14.1 Å². The van der Waals surface area contributed by atoms with E-state index in [0.29, 0.717) is 29.6 Å². The van der Waals surface area contributed by atoms with Crippen molar-refractivity contribution in [3.63, 3.8) is 0 Å². The van der Waals surface area contributed by atoms with Crippen molar-refractivity contribution >= 4 is 0 Å². The lowest BCUT2D eigenvalue weighted by molar-refractivity contribution is 0.390. The van der Waals surface area contributed by atoms with Crippen LogP contribution in [0.4, 0.5) is 0 Å². The molecule has 3 heterocycles. The third kappa shape index (κ3) is 4.61. The van der Waals surface area contributed by atoms with E-state index in [1.165, 1.54) is 0 Å². The molecule has 0 amide bonds. The molecule has 0 unspecified atom stereocenters. The van der Waals surface area contributed by atoms with Crippen molar-refractivity contribution in [1.29, 1.82) is 0 Å². The summed E-state index contributed by atoms with van der Waals surface area (Å²) in [6.07, 6.45) is 5.32. The first-order chi connectivity index (χ1) is 18.1. The summed E-state index contributed by atoms with van der Waals surface area (Å²) in [5.74, 6) is 1.63. The van der Waals surface area contributed by atoms with E-state index in [1.807, 2.05) is 60.8 Å². The number of rotatable bonds is 9. The van der Waals surface area contributed by atoms with Crippen molar-refractivity contribution in [3.05, 3.63) is 88.7 Å². The Balaban J connectivity index is 1.51. The van der Waals surface area contributed by atoms with Gasteiger partial charge in [0.1, 0.15) is 17.2 Å². The van der Waals surface area contributed by atoms with E-state index >= 15 is 0 Å². The fourth-order valence-electron chi connectivity index (χ4n) is 4.42. The minimum absolute atomic E-state index is 0.169. The predicted octanol–water partition coefficient (Wildman–Crippen LogP) is 3.90. The molecule has 3 aromatic heterocycles. The van der Waals surface area contributed by atoms with Gasteiger partial charge in [-0.05, 0) is 35.4 Å². The lowest BCUT2D eigenvalue weighted by Gasteiger charge is -2.12. The number of H-pyrrole nitrogens is 1. The van der Waals surface area contributed by atoms with Gasteiger partial charge >= 0.3 is 5.69 Å². The normalized spacial score (nSPS) is 11.0. The van der Waals surface area contributed by atoms with Crippen molar-refractivity contribution in [2.24, 2.45) is 0 Å². The van der Waals surface area contributed by atoms with Gasteiger partial charge in [-0.2, -0.15) is 5.21 Å². The fraction of sp³-hybridized carbons (Fsp3) is 0.222. The second kappa shape index (κ2) is 10.5. The quantitative estimate of drug-likeness (QED) is 0.329. The minimum Gasteiger partial charge on any atom is -0.494 e. The Kier molecular flexibility index (Phi) is 6.80. The molecule has 0 bridgehead atoms. The molecule has 188 valence electrons. The molecule has 0 saturated heterocycles. The van der Waals surface area contributed by atoms with Crippen LogP contribution >= 0.6 is 0 Å². The molecule has 0 saturated carbocycles. The number of hydrogen-bond donors (Lipinski definition) is 1. The lowest BCUT2D eigenvalue weighted by Crippen LogP contribution is -2.25. The molecule has 0 aliphatic carbocycles. The predicted molar refractivity (Wildman–Crippen MR) is 139 cm³/mol. The highest BCUT2D eigenvalue weighted by Gasteiger charge is 2.19. The maximum Gasteiger partial charge on any atom is 0.333 e. The number of nitrogens with one attached hydrogen (secondary N) is 1. The van der Waals surface area contributed by atoms with Crippen LogP contribution in [0.1, 0.15) is 24.6 Å². The molecule has 0 aliphatic rings. The molecule has 0 aliphatic heterocycles. The van der Waals surface area contributed by atoms with Crippen LogP contribution in [0, 0.1) is 0 Å². The summed E-state index contributed by atoms with van der Waals surface area (Å²) in [7, 11) is 3.16. The van der Waals surface area contributed by atoms with Gasteiger partial charge in [-0.25, -0.2) is 4.79 Å². The summed E-state index contributed by atoms with van der Waals surface area (Å²) in [4.78, 5) is 18.3. The average molecular weight is 498 g/mol. The van der Waals surface area contributed by atoms with Crippen LogP contribution < -0.4 is 15.2 Å². The number of para-hydroxylation sites is 1. The van der Waals surface area contributed by atoms with Crippen LogP contribution in [0.15, 0.2) is 71.8 Å². The summed E-state index contributed by atoms with van der Waals surface area (Å²) in [5, 5.41) is 14.4. The van der Waals surface area contributed by atoms with Crippen LogP contribution in [0.3, 0.4) is 0 Å². The van der Waals surface area contributed by atoms with Crippen LogP contribution in [0.2, 0.25) is 0 Å². The monoisotopic (exact) mass is 497 g/mol. The Morgan fingerprint density at radius 3 is 2.32 bits per heavy atom. The van der Waals surface area contributed by atoms with E-state index < -0.39 is 0 Å². The van der Waals surface area contributed by atoms with E-state index in [2.05, 4.69) is 27.5 Å². The number of aromatic nitrogens is 7. The number of ether oxygens (including phenoxy) is 2. The molecule has 1 N–H and O–H groups in total. The first-order valence-electron chi connectivity index (χ1n) is 11.9. The summed E-state index contributed by atoms with van der Waals surface area (Å²) in [5.41, 5.74) is 4.76. The van der Waals surface area contributed by atoms with Crippen molar-refractivity contribution < 1.29 is 9.47 Å². The van der Waals surface area contributed by atoms with Crippen LogP contribution in [-0.2, 0) is 13.0 Å².